The molecule has 4 nitrogen and oxygen atoms in total. The molecule has 1 aliphatic carbocycles. The number of hydrogen-bond donors (Lipinski definition) is 3. The Morgan fingerprint density at radius 2 is 1.76 bits per heavy atom. The minimum Gasteiger partial charge on any atom is -0.393 e. The predicted octanol–water partition coefficient (Wildman–Crippen LogP) is 1.32. The van der Waals surface area contributed by atoms with E-state index in [1.54, 1.807) is 0 Å². The molecule has 100 valence electrons. The van der Waals surface area contributed by atoms with E-state index in [4.69, 9.17) is 5.73 Å². The van der Waals surface area contributed by atoms with Crippen LogP contribution in [0.2, 0.25) is 0 Å². The minimum atomic E-state index is -0.153. The van der Waals surface area contributed by atoms with Crippen molar-refractivity contribution in [3.05, 3.63) is 0 Å². The first kappa shape index (κ1) is 14.5. The highest BCUT2D eigenvalue weighted by atomic mass is 16.3. The molecule has 0 bridgehead atoms. The van der Waals surface area contributed by atoms with Crippen molar-refractivity contribution >= 4 is 5.91 Å². The molecule has 1 fully saturated rings. The number of rotatable bonds is 7. The molecular formula is C13H26N2O2. The van der Waals surface area contributed by atoms with Crippen LogP contribution in [0, 0.1) is 0 Å². The Morgan fingerprint density at radius 1 is 1.12 bits per heavy atom. The molecule has 4 N–H and O–H groups in total. The van der Waals surface area contributed by atoms with Gasteiger partial charge in [0.25, 0.3) is 0 Å². The van der Waals surface area contributed by atoms with E-state index < -0.39 is 0 Å². The van der Waals surface area contributed by atoms with Gasteiger partial charge >= 0.3 is 0 Å². The quantitative estimate of drug-likeness (QED) is 0.589. The standard InChI is InChI=1S/C13H26N2O2/c14-10-4-2-1-3-5-13(17)15-11-6-8-12(16)9-7-11/h11-12,16H,1-10,14H2,(H,15,17). The molecule has 0 aromatic rings. The van der Waals surface area contributed by atoms with E-state index in [1.165, 1.54) is 0 Å². The van der Waals surface area contributed by atoms with Gasteiger partial charge in [0.15, 0.2) is 0 Å². The largest absolute Gasteiger partial charge is 0.393 e. The number of aliphatic hydroxyl groups excluding tert-OH is 1. The highest BCUT2D eigenvalue weighted by Gasteiger charge is 2.20. The second-order valence-electron chi connectivity index (χ2n) is 5.03. The second kappa shape index (κ2) is 8.48. The lowest BCUT2D eigenvalue weighted by molar-refractivity contribution is -0.122. The summed E-state index contributed by atoms with van der Waals surface area (Å²) in [6, 6.07) is 0.287. The third-order valence-electron chi connectivity index (χ3n) is 3.42. The Morgan fingerprint density at radius 3 is 2.41 bits per heavy atom. The molecule has 0 aliphatic heterocycles. The number of amides is 1. The first-order valence-electron chi connectivity index (χ1n) is 6.90. The maximum absolute atomic E-state index is 11.6. The van der Waals surface area contributed by atoms with Crippen LogP contribution in [-0.4, -0.2) is 29.7 Å². The highest BCUT2D eigenvalue weighted by Crippen LogP contribution is 2.18. The molecule has 4 heteroatoms. The molecule has 0 saturated heterocycles. The molecule has 0 heterocycles. The predicted molar refractivity (Wildman–Crippen MR) is 68.5 cm³/mol. The smallest absolute Gasteiger partial charge is 0.220 e. The zero-order valence-corrected chi connectivity index (χ0v) is 10.7. The molecule has 0 radical (unpaired) electrons. The normalized spacial score (nSPS) is 24.6. The van der Waals surface area contributed by atoms with E-state index in [0.29, 0.717) is 6.42 Å². The van der Waals surface area contributed by atoms with Crippen LogP contribution in [0.3, 0.4) is 0 Å². The summed E-state index contributed by atoms with van der Waals surface area (Å²) in [5.41, 5.74) is 5.41. The molecule has 0 spiro atoms. The third kappa shape index (κ3) is 6.64. The summed E-state index contributed by atoms with van der Waals surface area (Å²) in [4.78, 5) is 11.6. The number of nitrogens with two attached hydrogens (primary N) is 1. The summed E-state index contributed by atoms with van der Waals surface area (Å²) in [7, 11) is 0. The van der Waals surface area contributed by atoms with E-state index in [-0.39, 0.29) is 18.1 Å². The average molecular weight is 242 g/mol. The molecule has 0 unspecified atom stereocenters. The van der Waals surface area contributed by atoms with Crippen molar-refractivity contribution in [3.8, 4) is 0 Å². The van der Waals surface area contributed by atoms with Crippen LogP contribution in [0.1, 0.15) is 57.8 Å². The molecular weight excluding hydrogens is 216 g/mol. The summed E-state index contributed by atoms with van der Waals surface area (Å²) in [5.74, 6) is 0.166. The number of nitrogens with one attached hydrogen (secondary N) is 1. The summed E-state index contributed by atoms with van der Waals surface area (Å²) < 4.78 is 0. The molecule has 1 aliphatic rings. The maximum atomic E-state index is 11.6. The third-order valence-corrected chi connectivity index (χ3v) is 3.42. The Bertz CT molecular complexity index is 213. The Labute approximate surface area is 104 Å². The topological polar surface area (TPSA) is 75.4 Å². The zero-order valence-electron chi connectivity index (χ0n) is 10.7. The molecule has 0 aromatic carbocycles. The van der Waals surface area contributed by atoms with Crippen molar-refractivity contribution < 1.29 is 9.90 Å². The summed E-state index contributed by atoms with van der Waals surface area (Å²) in [6.07, 6.45) is 8.18. The maximum Gasteiger partial charge on any atom is 0.220 e. The van der Waals surface area contributed by atoms with E-state index in [2.05, 4.69) is 5.32 Å². The van der Waals surface area contributed by atoms with Crippen LogP contribution in [0.15, 0.2) is 0 Å². The van der Waals surface area contributed by atoms with Gasteiger partial charge in [-0.2, -0.15) is 0 Å². The lowest BCUT2D eigenvalue weighted by Crippen LogP contribution is -2.38. The van der Waals surface area contributed by atoms with Gasteiger partial charge in [-0.15, -0.1) is 0 Å². The zero-order chi connectivity index (χ0) is 12.5. The molecule has 1 amide bonds. The first-order chi connectivity index (χ1) is 8.22. The summed E-state index contributed by atoms with van der Waals surface area (Å²) in [6.45, 7) is 0.747. The fraction of sp³-hybridized carbons (Fsp3) is 0.923. The van der Waals surface area contributed by atoms with E-state index in [1.807, 2.05) is 0 Å². The van der Waals surface area contributed by atoms with Crippen LogP contribution in [0.25, 0.3) is 0 Å². The molecule has 1 saturated carbocycles. The second-order valence-corrected chi connectivity index (χ2v) is 5.03. The van der Waals surface area contributed by atoms with Gasteiger partial charge in [0.05, 0.1) is 6.10 Å². The Kier molecular flexibility index (Phi) is 7.21. The molecule has 0 aromatic heterocycles. The Balaban J connectivity index is 2.00. The number of carbonyl (C=O) groups excluding carboxylic acids is 1. The van der Waals surface area contributed by atoms with Gasteiger partial charge in [-0.25, -0.2) is 0 Å². The summed E-state index contributed by atoms with van der Waals surface area (Å²) in [5, 5.41) is 12.4. The fourth-order valence-electron chi connectivity index (χ4n) is 2.30. The lowest BCUT2D eigenvalue weighted by atomic mass is 9.93. The number of hydrogen-bond acceptors (Lipinski definition) is 3. The molecule has 0 atom stereocenters. The molecule has 1 rings (SSSR count). The van der Waals surface area contributed by atoms with Gasteiger partial charge in [-0.05, 0) is 45.1 Å². The number of carbonyl (C=O) groups is 1. The van der Waals surface area contributed by atoms with Crippen LogP contribution in [-0.2, 0) is 4.79 Å². The number of aliphatic hydroxyl groups is 1. The van der Waals surface area contributed by atoms with Gasteiger partial charge in [0.2, 0.25) is 5.91 Å². The van der Waals surface area contributed by atoms with E-state index in [0.717, 1.165) is 57.9 Å². The van der Waals surface area contributed by atoms with E-state index in [9.17, 15) is 9.90 Å². The van der Waals surface area contributed by atoms with Gasteiger partial charge in [0.1, 0.15) is 0 Å². The van der Waals surface area contributed by atoms with Gasteiger partial charge < -0.3 is 16.2 Å². The van der Waals surface area contributed by atoms with Gasteiger partial charge in [-0.3, -0.25) is 4.79 Å². The molecule has 17 heavy (non-hydrogen) atoms. The Hall–Kier alpha value is -0.610. The van der Waals surface area contributed by atoms with Crippen molar-refractivity contribution in [2.24, 2.45) is 5.73 Å². The van der Waals surface area contributed by atoms with Crippen molar-refractivity contribution in [2.45, 2.75) is 69.9 Å². The fourth-order valence-corrected chi connectivity index (χ4v) is 2.30. The van der Waals surface area contributed by atoms with Crippen LogP contribution < -0.4 is 11.1 Å². The SMILES string of the molecule is NCCCCCCC(=O)NC1CCC(O)CC1. The monoisotopic (exact) mass is 242 g/mol. The van der Waals surface area contributed by atoms with E-state index >= 15 is 0 Å². The van der Waals surface area contributed by atoms with Crippen LogP contribution in [0.4, 0.5) is 0 Å². The van der Waals surface area contributed by atoms with Crippen molar-refractivity contribution in [1.82, 2.24) is 5.32 Å². The van der Waals surface area contributed by atoms with Crippen molar-refractivity contribution in [1.29, 1.82) is 0 Å². The number of unbranched alkanes of at least 4 members (excludes halogenated alkanes) is 3. The van der Waals surface area contributed by atoms with Crippen molar-refractivity contribution in [2.75, 3.05) is 6.54 Å². The van der Waals surface area contributed by atoms with Crippen molar-refractivity contribution in [3.63, 3.8) is 0 Å². The van der Waals surface area contributed by atoms with Gasteiger partial charge in [0, 0.05) is 12.5 Å². The lowest BCUT2D eigenvalue weighted by Gasteiger charge is -2.26. The first-order valence-corrected chi connectivity index (χ1v) is 6.90. The average Bonchev–Trinajstić information content (AvgIpc) is 2.32. The van der Waals surface area contributed by atoms with Crippen LogP contribution in [0.5, 0.6) is 0 Å². The van der Waals surface area contributed by atoms with Crippen LogP contribution >= 0.6 is 0 Å². The highest BCUT2D eigenvalue weighted by molar-refractivity contribution is 5.76. The summed E-state index contributed by atoms with van der Waals surface area (Å²) >= 11 is 0. The van der Waals surface area contributed by atoms with Gasteiger partial charge in [-0.1, -0.05) is 12.8 Å². The minimum absolute atomic E-state index is 0.153.